The lowest BCUT2D eigenvalue weighted by molar-refractivity contribution is -0.118. The lowest BCUT2D eigenvalue weighted by atomic mass is 10.2. The summed E-state index contributed by atoms with van der Waals surface area (Å²) in [5.41, 5.74) is 7.20. The van der Waals surface area contributed by atoms with E-state index in [1.165, 1.54) is 23.9 Å². The second-order valence-corrected chi connectivity index (χ2v) is 6.25. The van der Waals surface area contributed by atoms with Crippen LogP contribution in [0.3, 0.4) is 0 Å². The molecule has 3 N–H and O–H groups in total. The maximum absolute atomic E-state index is 12.8. The first-order valence-electron chi connectivity index (χ1n) is 6.23. The third-order valence-corrected chi connectivity index (χ3v) is 4.71. The van der Waals surface area contributed by atoms with E-state index in [0.717, 1.165) is 14.9 Å². The Labute approximate surface area is 135 Å². The number of nitrogens with two attached hydrogens (primary N) is 1. The highest BCUT2D eigenvalue weighted by atomic mass is 79.9. The standard InChI is InChI=1S/C15H14BrFN2OS/c16-13-7-12(18)5-6-14(13)21-9-15(20)19-8-10-1-3-11(17)4-2-10/h1-7H,8-9,18H2,(H,19,20). The minimum Gasteiger partial charge on any atom is -0.399 e. The summed E-state index contributed by atoms with van der Waals surface area (Å²) < 4.78 is 13.6. The second-order valence-electron chi connectivity index (χ2n) is 4.38. The molecule has 0 saturated heterocycles. The molecule has 1 amide bonds. The number of carbonyl (C=O) groups excluding carboxylic acids is 1. The number of hydrogen-bond acceptors (Lipinski definition) is 3. The lowest BCUT2D eigenvalue weighted by Gasteiger charge is -2.07. The highest BCUT2D eigenvalue weighted by Gasteiger charge is 2.06. The van der Waals surface area contributed by atoms with E-state index < -0.39 is 0 Å². The molecule has 0 aliphatic heterocycles. The van der Waals surface area contributed by atoms with Crippen LogP contribution in [-0.4, -0.2) is 11.7 Å². The Morgan fingerprint density at radius 3 is 2.62 bits per heavy atom. The third kappa shape index (κ3) is 5.06. The number of hydrogen-bond donors (Lipinski definition) is 2. The molecule has 2 aromatic rings. The number of anilines is 1. The smallest absolute Gasteiger partial charge is 0.230 e. The van der Waals surface area contributed by atoms with Crippen molar-refractivity contribution in [2.75, 3.05) is 11.5 Å². The molecule has 3 nitrogen and oxygen atoms in total. The topological polar surface area (TPSA) is 55.1 Å². The Balaban J connectivity index is 1.80. The molecule has 2 rings (SSSR count). The number of carbonyl (C=O) groups is 1. The van der Waals surface area contributed by atoms with Crippen LogP contribution in [0.4, 0.5) is 10.1 Å². The zero-order valence-electron chi connectivity index (χ0n) is 11.1. The monoisotopic (exact) mass is 368 g/mol. The third-order valence-electron chi connectivity index (χ3n) is 2.72. The predicted molar refractivity (Wildman–Crippen MR) is 87.5 cm³/mol. The van der Waals surface area contributed by atoms with E-state index in [2.05, 4.69) is 21.2 Å². The molecule has 0 aliphatic carbocycles. The molecule has 0 radical (unpaired) electrons. The van der Waals surface area contributed by atoms with Gasteiger partial charge in [-0.3, -0.25) is 4.79 Å². The fraction of sp³-hybridized carbons (Fsp3) is 0.133. The molecule has 2 aromatic carbocycles. The highest BCUT2D eigenvalue weighted by Crippen LogP contribution is 2.28. The first kappa shape index (κ1) is 15.9. The van der Waals surface area contributed by atoms with Crippen molar-refractivity contribution in [3.8, 4) is 0 Å². The summed E-state index contributed by atoms with van der Waals surface area (Å²) in [5, 5.41) is 2.80. The van der Waals surface area contributed by atoms with Crippen molar-refractivity contribution >= 4 is 39.3 Å². The normalized spacial score (nSPS) is 10.4. The summed E-state index contributed by atoms with van der Waals surface area (Å²) in [7, 11) is 0. The van der Waals surface area contributed by atoms with Gasteiger partial charge in [-0.25, -0.2) is 4.39 Å². The van der Waals surface area contributed by atoms with E-state index >= 15 is 0 Å². The van der Waals surface area contributed by atoms with Crippen molar-refractivity contribution in [1.29, 1.82) is 0 Å². The molecule has 0 unspecified atom stereocenters. The van der Waals surface area contributed by atoms with E-state index in [9.17, 15) is 9.18 Å². The van der Waals surface area contributed by atoms with E-state index in [-0.39, 0.29) is 11.7 Å². The van der Waals surface area contributed by atoms with Crippen molar-refractivity contribution in [3.05, 3.63) is 58.3 Å². The van der Waals surface area contributed by atoms with Gasteiger partial charge in [0.25, 0.3) is 0 Å². The van der Waals surface area contributed by atoms with Crippen molar-refractivity contribution in [2.24, 2.45) is 0 Å². The molecule has 0 spiro atoms. The summed E-state index contributed by atoms with van der Waals surface area (Å²) >= 11 is 4.84. The highest BCUT2D eigenvalue weighted by molar-refractivity contribution is 9.10. The zero-order valence-corrected chi connectivity index (χ0v) is 13.5. The molecular weight excluding hydrogens is 355 g/mol. The molecule has 21 heavy (non-hydrogen) atoms. The molecule has 110 valence electrons. The summed E-state index contributed by atoms with van der Waals surface area (Å²) in [6.07, 6.45) is 0. The van der Waals surface area contributed by atoms with Crippen LogP contribution in [-0.2, 0) is 11.3 Å². The largest absolute Gasteiger partial charge is 0.399 e. The minimum atomic E-state index is -0.283. The van der Waals surface area contributed by atoms with Gasteiger partial charge < -0.3 is 11.1 Å². The summed E-state index contributed by atoms with van der Waals surface area (Å²) in [5.74, 6) is -0.0501. The Hall–Kier alpha value is -1.53. The maximum Gasteiger partial charge on any atom is 0.230 e. The van der Waals surface area contributed by atoms with Crippen molar-refractivity contribution in [2.45, 2.75) is 11.4 Å². The van der Waals surface area contributed by atoms with Crippen LogP contribution in [0.15, 0.2) is 51.8 Å². The molecule has 0 atom stereocenters. The number of amides is 1. The summed E-state index contributed by atoms with van der Waals surface area (Å²) in [6, 6.07) is 11.5. The van der Waals surface area contributed by atoms with Crippen LogP contribution in [0, 0.1) is 5.82 Å². The molecule has 0 bridgehead atoms. The van der Waals surface area contributed by atoms with Gasteiger partial charge in [-0.1, -0.05) is 12.1 Å². The predicted octanol–water partition coefficient (Wildman–Crippen LogP) is 3.58. The zero-order chi connectivity index (χ0) is 15.2. The fourth-order valence-corrected chi connectivity index (χ4v) is 3.12. The van der Waals surface area contributed by atoms with Crippen LogP contribution in [0.2, 0.25) is 0 Å². The Morgan fingerprint density at radius 2 is 1.95 bits per heavy atom. The molecule has 0 aliphatic rings. The molecule has 6 heteroatoms. The fourth-order valence-electron chi connectivity index (χ4n) is 1.63. The molecule has 0 aromatic heterocycles. The number of nitrogen functional groups attached to an aromatic ring is 1. The second kappa shape index (κ2) is 7.47. The van der Waals surface area contributed by atoms with Crippen molar-refractivity contribution < 1.29 is 9.18 Å². The Morgan fingerprint density at radius 1 is 1.24 bits per heavy atom. The first-order chi connectivity index (χ1) is 10.0. The van der Waals surface area contributed by atoms with Gasteiger partial charge in [0.2, 0.25) is 5.91 Å². The Kier molecular flexibility index (Phi) is 5.64. The van der Waals surface area contributed by atoms with E-state index in [1.54, 1.807) is 24.3 Å². The van der Waals surface area contributed by atoms with Crippen molar-refractivity contribution in [3.63, 3.8) is 0 Å². The van der Waals surface area contributed by atoms with Gasteiger partial charge in [0, 0.05) is 21.6 Å². The van der Waals surface area contributed by atoms with Gasteiger partial charge in [-0.15, -0.1) is 11.8 Å². The average Bonchev–Trinajstić information content (AvgIpc) is 2.46. The van der Waals surface area contributed by atoms with E-state index in [1.807, 2.05) is 6.07 Å². The Bertz CT molecular complexity index is 634. The maximum atomic E-state index is 12.8. The van der Waals surface area contributed by atoms with Gasteiger partial charge in [0.1, 0.15) is 5.82 Å². The molecular formula is C15H14BrFN2OS. The van der Waals surface area contributed by atoms with E-state index in [4.69, 9.17) is 5.73 Å². The van der Waals surface area contributed by atoms with Gasteiger partial charge in [0.05, 0.1) is 5.75 Å². The quantitative estimate of drug-likeness (QED) is 0.626. The molecule has 0 heterocycles. The first-order valence-corrected chi connectivity index (χ1v) is 8.01. The van der Waals surface area contributed by atoms with E-state index in [0.29, 0.717) is 18.0 Å². The number of halogens is 2. The van der Waals surface area contributed by atoms with Crippen LogP contribution in [0.5, 0.6) is 0 Å². The molecule has 0 fully saturated rings. The van der Waals surface area contributed by atoms with Gasteiger partial charge in [0.15, 0.2) is 0 Å². The number of nitrogens with one attached hydrogen (secondary N) is 1. The van der Waals surface area contributed by atoms with Crippen molar-refractivity contribution in [1.82, 2.24) is 5.32 Å². The summed E-state index contributed by atoms with van der Waals surface area (Å²) in [4.78, 5) is 12.7. The number of thioether (sulfide) groups is 1. The summed E-state index contributed by atoms with van der Waals surface area (Å²) in [6.45, 7) is 0.391. The van der Waals surface area contributed by atoms with Crippen LogP contribution >= 0.6 is 27.7 Å². The number of rotatable bonds is 5. The van der Waals surface area contributed by atoms with Crippen LogP contribution in [0.25, 0.3) is 0 Å². The number of benzene rings is 2. The SMILES string of the molecule is Nc1ccc(SCC(=O)NCc2ccc(F)cc2)c(Br)c1. The van der Waals surface area contributed by atoms with Crippen LogP contribution in [0.1, 0.15) is 5.56 Å². The minimum absolute atomic E-state index is 0.0759. The van der Waals surface area contributed by atoms with Crippen LogP contribution < -0.4 is 11.1 Å². The van der Waals surface area contributed by atoms with Gasteiger partial charge in [-0.2, -0.15) is 0 Å². The lowest BCUT2D eigenvalue weighted by Crippen LogP contribution is -2.24. The average molecular weight is 369 g/mol. The molecule has 0 saturated carbocycles. The van der Waals surface area contributed by atoms with Gasteiger partial charge >= 0.3 is 0 Å². The van der Waals surface area contributed by atoms with Gasteiger partial charge in [-0.05, 0) is 51.8 Å².